The number of carbonyl (C=O) groups is 3. The molecule has 3 heterocycles. The number of rotatable bonds is 5. The highest BCUT2D eigenvalue weighted by molar-refractivity contribution is 6.05. The first-order chi connectivity index (χ1) is 16.7. The second-order valence-electron chi connectivity index (χ2n) is 8.55. The largest absolute Gasteiger partial charge is 0.441 e. The monoisotopic (exact) mass is 483 g/mol. The molecule has 1 fully saturated rings. The Bertz CT molecular complexity index is 1310. The summed E-state index contributed by atoms with van der Waals surface area (Å²) >= 11 is 0. The number of alkyl halides is 3. The van der Waals surface area contributed by atoms with E-state index < -0.39 is 23.7 Å². The van der Waals surface area contributed by atoms with Crippen molar-refractivity contribution in [2.24, 2.45) is 0 Å². The van der Waals surface area contributed by atoms with Crippen molar-refractivity contribution in [3.05, 3.63) is 76.7 Å². The first-order valence-corrected chi connectivity index (χ1v) is 11.1. The molecule has 0 aliphatic carbocycles. The van der Waals surface area contributed by atoms with Crippen LogP contribution in [0.1, 0.15) is 45.7 Å². The number of piperidine rings is 1. The van der Waals surface area contributed by atoms with Crippen LogP contribution in [0.15, 0.2) is 53.1 Å². The molecular weight excluding hydrogens is 463 g/mol. The summed E-state index contributed by atoms with van der Waals surface area (Å²) in [5.41, 5.74) is 2.00. The standard InChI is InChI=1S/C25H20F3N3O4/c26-25(27,28)16-7-4-15(5-8-16)23-29-12-17(35-23)9-6-14-2-1-3-18-19(14)13-31(24(18)34)20-10-11-21(32)30-22(20)33/h1-5,7-8,12,20H,6,9-11,13H2,(H,30,32,33). The van der Waals surface area contributed by atoms with Crippen molar-refractivity contribution in [3.8, 4) is 11.5 Å². The maximum atomic E-state index is 13.0. The molecule has 1 atom stereocenters. The van der Waals surface area contributed by atoms with Gasteiger partial charge in [0.05, 0.1) is 11.8 Å². The molecule has 2 aliphatic rings. The zero-order valence-electron chi connectivity index (χ0n) is 18.4. The number of halogens is 3. The molecule has 0 bridgehead atoms. The Hall–Kier alpha value is -3.95. The molecule has 10 heteroatoms. The number of hydrogen-bond acceptors (Lipinski definition) is 5. The van der Waals surface area contributed by atoms with Gasteiger partial charge in [0, 0.05) is 30.5 Å². The summed E-state index contributed by atoms with van der Waals surface area (Å²) in [6, 6.07) is 9.34. The third-order valence-electron chi connectivity index (χ3n) is 6.33. The fraction of sp³-hybridized carbons (Fsp3) is 0.280. The number of fused-ring (bicyclic) bond motifs is 1. The average molecular weight is 483 g/mol. The van der Waals surface area contributed by atoms with Crippen molar-refractivity contribution >= 4 is 17.7 Å². The molecule has 2 aliphatic heterocycles. The highest BCUT2D eigenvalue weighted by Gasteiger charge is 2.39. The van der Waals surface area contributed by atoms with E-state index in [4.69, 9.17) is 4.42 Å². The fourth-order valence-corrected chi connectivity index (χ4v) is 4.50. The van der Waals surface area contributed by atoms with Crippen molar-refractivity contribution < 1.29 is 32.0 Å². The molecular formula is C25H20F3N3O4. The van der Waals surface area contributed by atoms with Crippen molar-refractivity contribution in [2.45, 2.75) is 44.4 Å². The highest BCUT2D eigenvalue weighted by atomic mass is 19.4. The minimum atomic E-state index is -4.41. The molecule has 5 rings (SSSR count). The molecule has 0 saturated carbocycles. The lowest BCUT2D eigenvalue weighted by Crippen LogP contribution is -2.52. The van der Waals surface area contributed by atoms with Crippen LogP contribution in [0.25, 0.3) is 11.5 Å². The summed E-state index contributed by atoms with van der Waals surface area (Å²) in [6.45, 7) is 0.282. The molecule has 3 amide bonds. The summed E-state index contributed by atoms with van der Waals surface area (Å²) in [5, 5.41) is 2.29. The van der Waals surface area contributed by atoms with Crippen molar-refractivity contribution in [3.63, 3.8) is 0 Å². The van der Waals surface area contributed by atoms with E-state index >= 15 is 0 Å². The fourth-order valence-electron chi connectivity index (χ4n) is 4.50. The first kappa shape index (κ1) is 22.8. The second kappa shape index (κ2) is 8.68. The molecule has 3 aromatic rings. The summed E-state index contributed by atoms with van der Waals surface area (Å²) in [6.07, 6.45) is -1.37. The van der Waals surface area contributed by atoms with Crippen LogP contribution in [-0.2, 0) is 35.2 Å². The van der Waals surface area contributed by atoms with Crippen LogP contribution in [0.5, 0.6) is 0 Å². The van der Waals surface area contributed by atoms with E-state index in [9.17, 15) is 27.6 Å². The van der Waals surface area contributed by atoms with Gasteiger partial charge in [-0.25, -0.2) is 4.98 Å². The number of benzene rings is 2. The Morgan fingerprint density at radius 1 is 1.06 bits per heavy atom. The van der Waals surface area contributed by atoms with Gasteiger partial charge < -0.3 is 9.32 Å². The number of nitrogens with one attached hydrogen (secondary N) is 1. The van der Waals surface area contributed by atoms with E-state index in [-0.39, 0.29) is 30.7 Å². The Morgan fingerprint density at radius 2 is 1.83 bits per heavy atom. The number of oxazole rings is 1. The number of amides is 3. The van der Waals surface area contributed by atoms with Crippen molar-refractivity contribution in [2.75, 3.05) is 0 Å². The maximum absolute atomic E-state index is 13.0. The number of nitrogens with zero attached hydrogens (tertiary/aromatic N) is 2. The Labute approximate surface area is 197 Å². The third-order valence-corrected chi connectivity index (χ3v) is 6.33. The Balaban J connectivity index is 1.28. The van der Waals surface area contributed by atoms with E-state index in [1.54, 1.807) is 12.1 Å². The van der Waals surface area contributed by atoms with E-state index in [1.807, 2.05) is 6.07 Å². The van der Waals surface area contributed by atoms with Crippen LogP contribution in [0.2, 0.25) is 0 Å². The van der Waals surface area contributed by atoms with Crippen LogP contribution in [0, 0.1) is 0 Å². The maximum Gasteiger partial charge on any atom is 0.416 e. The zero-order chi connectivity index (χ0) is 24.7. The van der Waals surface area contributed by atoms with E-state index in [1.165, 1.54) is 23.2 Å². The van der Waals surface area contributed by atoms with Gasteiger partial charge in [-0.2, -0.15) is 13.2 Å². The van der Waals surface area contributed by atoms with Gasteiger partial charge in [-0.15, -0.1) is 0 Å². The number of aromatic nitrogens is 1. The summed E-state index contributed by atoms with van der Waals surface area (Å²) in [7, 11) is 0. The highest BCUT2D eigenvalue weighted by Crippen LogP contribution is 2.32. The molecule has 7 nitrogen and oxygen atoms in total. The van der Waals surface area contributed by atoms with Crippen LogP contribution >= 0.6 is 0 Å². The van der Waals surface area contributed by atoms with Crippen molar-refractivity contribution in [1.29, 1.82) is 0 Å². The van der Waals surface area contributed by atoms with Gasteiger partial charge in [0.2, 0.25) is 17.7 Å². The van der Waals surface area contributed by atoms with Gasteiger partial charge in [-0.05, 0) is 54.3 Å². The number of imide groups is 1. The van der Waals surface area contributed by atoms with Crippen molar-refractivity contribution in [1.82, 2.24) is 15.2 Å². The number of hydrogen-bond donors (Lipinski definition) is 1. The van der Waals surface area contributed by atoms with E-state index in [2.05, 4.69) is 10.3 Å². The quantitative estimate of drug-likeness (QED) is 0.556. The van der Waals surface area contributed by atoms with Gasteiger partial charge in [0.1, 0.15) is 11.8 Å². The SMILES string of the molecule is O=C1CCC(N2Cc3c(CCc4cnc(-c5ccc(C(F)(F)F)cc5)o4)cccc3C2=O)C(=O)N1. The summed E-state index contributed by atoms with van der Waals surface area (Å²) in [4.78, 5) is 42.4. The van der Waals surface area contributed by atoms with Gasteiger partial charge in [-0.1, -0.05) is 12.1 Å². The molecule has 1 aromatic heterocycles. The second-order valence-corrected chi connectivity index (χ2v) is 8.55. The van der Waals surface area contributed by atoms with E-state index in [0.29, 0.717) is 36.1 Å². The van der Waals surface area contributed by atoms with Crippen LogP contribution in [0.4, 0.5) is 13.2 Å². The molecule has 1 unspecified atom stereocenters. The summed E-state index contributed by atoms with van der Waals surface area (Å²) in [5.74, 6) is -0.240. The topological polar surface area (TPSA) is 92.5 Å². The lowest BCUT2D eigenvalue weighted by atomic mass is 9.99. The van der Waals surface area contributed by atoms with Gasteiger partial charge >= 0.3 is 6.18 Å². The molecule has 35 heavy (non-hydrogen) atoms. The van der Waals surface area contributed by atoms with Crippen LogP contribution < -0.4 is 5.32 Å². The normalized spacial score (nSPS) is 18.1. The predicted molar refractivity (Wildman–Crippen MR) is 117 cm³/mol. The van der Waals surface area contributed by atoms with E-state index in [0.717, 1.165) is 23.3 Å². The molecule has 0 radical (unpaired) electrons. The molecule has 180 valence electrons. The molecule has 0 spiro atoms. The zero-order valence-corrected chi connectivity index (χ0v) is 18.4. The predicted octanol–water partition coefficient (Wildman–Crippen LogP) is 3.91. The third kappa shape index (κ3) is 4.43. The van der Waals surface area contributed by atoms with Crippen LogP contribution in [-0.4, -0.2) is 33.6 Å². The molecule has 1 saturated heterocycles. The minimum Gasteiger partial charge on any atom is -0.441 e. The Kier molecular flexibility index (Phi) is 5.66. The first-order valence-electron chi connectivity index (χ1n) is 11.1. The van der Waals surface area contributed by atoms with Crippen LogP contribution in [0.3, 0.4) is 0 Å². The minimum absolute atomic E-state index is 0.191. The summed E-state index contributed by atoms with van der Waals surface area (Å²) < 4.78 is 44.1. The van der Waals surface area contributed by atoms with Gasteiger partial charge in [0.15, 0.2) is 0 Å². The smallest absolute Gasteiger partial charge is 0.416 e. The van der Waals surface area contributed by atoms with Gasteiger partial charge in [0.25, 0.3) is 5.91 Å². The molecule has 1 N–H and O–H groups in total. The van der Waals surface area contributed by atoms with Gasteiger partial charge in [-0.3, -0.25) is 19.7 Å². The lowest BCUT2D eigenvalue weighted by Gasteiger charge is -2.29. The molecule has 2 aromatic carbocycles. The average Bonchev–Trinajstić information content (AvgIpc) is 3.43. The lowest BCUT2D eigenvalue weighted by molar-refractivity contribution is -0.138. The Morgan fingerprint density at radius 3 is 2.54 bits per heavy atom. The number of carbonyl (C=O) groups excluding carboxylic acids is 3. The number of aryl methyl sites for hydroxylation is 2.